The summed E-state index contributed by atoms with van der Waals surface area (Å²) in [6.07, 6.45) is -4.58. The van der Waals surface area contributed by atoms with E-state index in [-0.39, 0.29) is 10.0 Å². The Bertz CT molecular complexity index is 358. The molecule has 0 amide bonds. The molecule has 0 unspecified atom stereocenters. The molecule has 78 valence electrons. The fourth-order valence-corrected chi connectivity index (χ4v) is 1.69. The number of carbonyl (C=O) groups is 1. The molecule has 0 fully saturated rings. The van der Waals surface area contributed by atoms with Crippen molar-refractivity contribution in [3.05, 3.63) is 10.6 Å². The number of halogens is 3. The van der Waals surface area contributed by atoms with Crippen molar-refractivity contribution in [1.82, 2.24) is 4.98 Å². The Morgan fingerprint density at radius 3 is 2.36 bits per heavy atom. The zero-order valence-corrected chi connectivity index (χ0v) is 8.21. The van der Waals surface area contributed by atoms with E-state index in [0.717, 1.165) is 6.92 Å². The Morgan fingerprint density at radius 2 is 2.07 bits per heavy atom. The van der Waals surface area contributed by atoms with Gasteiger partial charge in [0.1, 0.15) is 4.88 Å². The number of hydrogen-bond acceptors (Lipinski definition) is 4. The molecule has 0 aliphatic carbocycles. The second-order valence-corrected chi connectivity index (χ2v) is 3.50. The maximum Gasteiger partial charge on any atom is 0.435 e. The monoisotopic (exact) mass is 224 g/mol. The van der Waals surface area contributed by atoms with Gasteiger partial charge in [-0.3, -0.25) is 4.79 Å². The van der Waals surface area contributed by atoms with Gasteiger partial charge < -0.3 is 5.32 Å². The van der Waals surface area contributed by atoms with Crippen LogP contribution in [0.15, 0.2) is 0 Å². The summed E-state index contributed by atoms with van der Waals surface area (Å²) in [6, 6.07) is 0. The third-order valence-electron chi connectivity index (χ3n) is 1.43. The van der Waals surface area contributed by atoms with Crippen molar-refractivity contribution >= 4 is 22.3 Å². The van der Waals surface area contributed by atoms with Crippen molar-refractivity contribution in [3.63, 3.8) is 0 Å². The van der Waals surface area contributed by atoms with Crippen molar-refractivity contribution < 1.29 is 18.0 Å². The third kappa shape index (κ3) is 2.03. The summed E-state index contributed by atoms with van der Waals surface area (Å²) in [5.74, 6) is -0.628. The first-order chi connectivity index (χ1) is 6.36. The highest BCUT2D eigenvalue weighted by Gasteiger charge is 2.38. The van der Waals surface area contributed by atoms with Gasteiger partial charge in [0.05, 0.1) is 0 Å². The van der Waals surface area contributed by atoms with Crippen LogP contribution in [0.5, 0.6) is 0 Å². The van der Waals surface area contributed by atoms with E-state index in [9.17, 15) is 18.0 Å². The van der Waals surface area contributed by atoms with Crippen molar-refractivity contribution in [2.24, 2.45) is 0 Å². The normalized spacial score (nSPS) is 11.5. The molecule has 0 aliphatic rings. The number of thiazole rings is 1. The van der Waals surface area contributed by atoms with E-state index in [1.54, 1.807) is 0 Å². The molecular weight excluding hydrogens is 217 g/mol. The van der Waals surface area contributed by atoms with Crippen LogP contribution in [0.4, 0.5) is 18.3 Å². The quantitative estimate of drug-likeness (QED) is 0.784. The van der Waals surface area contributed by atoms with Crippen LogP contribution in [0, 0.1) is 0 Å². The Labute approximate surface area is 82.0 Å². The fraction of sp³-hybridized carbons (Fsp3) is 0.429. The molecule has 3 nitrogen and oxygen atoms in total. The summed E-state index contributed by atoms with van der Waals surface area (Å²) >= 11 is 0.703. The van der Waals surface area contributed by atoms with Crippen LogP contribution in [0.3, 0.4) is 0 Å². The average molecular weight is 224 g/mol. The maximum absolute atomic E-state index is 12.3. The van der Waals surface area contributed by atoms with E-state index >= 15 is 0 Å². The predicted molar refractivity (Wildman–Crippen MR) is 46.7 cm³/mol. The summed E-state index contributed by atoms with van der Waals surface area (Å²) in [7, 11) is 1.45. The Balaban J connectivity index is 3.26. The molecule has 1 heterocycles. The van der Waals surface area contributed by atoms with Crippen molar-refractivity contribution in [3.8, 4) is 0 Å². The summed E-state index contributed by atoms with van der Waals surface area (Å²) in [5, 5.41) is 2.56. The molecule has 7 heteroatoms. The second-order valence-electron chi connectivity index (χ2n) is 2.50. The Morgan fingerprint density at radius 1 is 1.50 bits per heavy atom. The topological polar surface area (TPSA) is 42.0 Å². The highest BCUT2D eigenvalue weighted by atomic mass is 32.1. The first kappa shape index (κ1) is 11.0. The molecule has 0 saturated carbocycles. The second kappa shape index (κ2) is 3.56. The zero-order valence-electron chi connectivity index (χ0n) is 7.40. The minimum absolute atomic E-state index is 0.0857. The number of nitrogens with one attached hydrogen (secondary N) is 1. The molecule has 1 aromatic rings. The van der Waals surface area contributed by atoms with E-state index in [1.165, 1.54) is 7.05 Å². The average Bonchev–Trinajstić information content (AvgIpc) is 2.46. The van der Waals surface area contributed by atoms with E-state index < -0.39 is 17.7 Å². The van der Waals surface area contributed by atoms with Gasteiger partial charge in [0.2, 0.25) is 0 Å². The van der Waals surface area contributed by atoms with E-state index in [1.807, 2.05) is 0 Å². The van der Waals surface area contributed by atoms with Gasteiger partial charge in [0, 0.05) is 14.0 Å². The van der Waals surface area contributed by atoms with Crippen LogP contribution in [0.1, 0.15) is 22.3 Å². The van der Waals surface area contributed by atoms with E-state index in [0.29, 0.717) is 11.3 Å². The minimum Gasteiger partial charge on any atom is -0.365 e. The lowest BCUT2D eigenvalue weighted by atomic mass is 10.3. The largest absolute Gasteiger partial charge is 0.435 e. The first-order valence-corrected chi connectivity index (χ1v) is 4.44. The minimum atomic E-state index is -4.58. The standard InChI is InChI=1S/C7H7F3N2OS/c1-3(13)4-5(7(8,9)10)12-6(11-2)14-4/h1-2H3,(H,11,12). The Kier molecular flexibility index (Phi) is 2.79. The number of rotatable bonds is 2. The van der Waals surface area contributed by atoms with Crippen LogP contribution in [0.25, 0.3) is 0 Å². The molecule has 0 bridgehead atoms. The zero-order chi connectivity index (χ0) is 10.9. The number of anilines is 1. The highest BCUT2D eigenvalue weighted by molar-refractivity contribution is 7.17. The molecule has 1 N–H and O–H groups in total. The number of ketones is 1. The molecule has 0 atom stereocenters. The highest BCUT2D eigenvalue weighted by Crippen LogP contribution is 2.36. The van der Waals surface area contributed by atoms with Gasteiger partial charge in [-0.05, 0) is 0 Å². The van der Waals surface area contributed by atoms with Crippen LogP contribution in [0.2, 0.25) is 0 Å². The van der Waals surface area contributed by atoms with Gasteiger partial charge in [0.15, 0.2) is 16.6 Å². The van der Waals surface area contributed by atoms with Gasteiger partial charge in [-0.25, -0.2) is 4.98 Å². The van der Waals surface area contributed by atoms with Crippen molar-refractivity contribution in [2.75, 3.05) is 12.4 Å². The molecule has 0 saturated heterocycles. The van der Waals surface area contributed by atoms with E-state index in [4.69, 9.17) is 0 Å². The number of Topliss-reactive ketones (excluding diaryl/α,β-unsaturated/α-hetero) is 1. The summed E-state index contributed by atoms with van der Waals surface area (Å²) < 4.78 is 37.0. The van der Waals surface area contributed by atoms with Gasteiger partial charge in [-0.1, -0.05) is 11.3 Å². The molecule has 0 spiro atoms. The summed E-state index contributed by atoms with van der Waals surface area (Å²) in [6.45, 7) is 1.09. The molecule has 1 rings (SSSR count). The molecule has 1 aromatic heterocycles. The molecule has 0 radical (unpaired) electrons. The summed E-state index contributed by atoms with van der Waals surface area (Å²) in [4.78, 5) is 13.8. The lowest BCUT2D eigenvalue weighted by molar-refractivity contribution is -0.140. The third-order valence-corrected chi connectivity index (χ3v) is 2.60. The molecule has 14 heavy (non-hydrogen) atoms. The molecular formula is C7H7F3N2OS. The van der Waals surface area contributed by atoms with Crippen LogP contribution >= 0.6 is 11.3 Å². The lowest BCUT2D eigenvalue weighted by Gasteiger charge is -2.02. The number of nitrogens with zero attached hydrogens (tertiary/aromatic N) is 1. The maximum atomic E-state index is 12.3. The molecule has 0 aromatic carbocycles. The van der Waals surface area contributed by atoms with E-state index in [2.05, 4.69) is 10.3 Å². The van der Waals surface area contributed by atoms with Crippen molar-refractivity contribution in [2.45, 2.75) is 13.1 Å². The van der Waals surface area contributed by atoms with Crippen LogP contribution in [-0.4, -0.2) is 17.8 Å². The van der Waals surface area contributed by atoms with Gasteiger partial charge >= 0.3 is 6.18 Å². The first-order valence-electron chi connectivity index (χ1n) is 3.63. The van der Waals surface area contributed by atoms with Gasteiger partial charge in [-0.2, -0.15) is 13.2 Å². The smallest absolute Gasteiger partial charge is 0.365 e. The summed E-state index contributed by atoms with van der Waals surface area (Å²) in [5.41, 5.74) is -1.11. The SMILES string of the molecule is CNc1nc(C(F)(F)F)c(C(C)=O)s1. The predicted octanol–water partition coefficient (Wildman–Crippen LogP) is 2.41. The molecule has 0 aliphatic heterocycles. The number of hydrogen-bond donors (Lipinski definition) is 1. The van der Waals surface area contributed by atoms with Crippen LogP contribution in [-0.2, 0) is 6.18 Å². The lowest BCUT2D eigenvalue weighted by Crippen LogP contribution is -2.10. The fourth-order valence-electron chi connectivity index (χ4n) is 0.858. The van der Waals surface area contributed by atoms with Crippen LogP contribution < -0.4 is 5.32 Å². The number of alkyl halides is 3. The number of aromatic nitrogens is 1. The van der Waals surface area contributed by atoms with Crippen molar-refractivity contribution in [1.29, 1.82) is 0 Å². The Hall–Kier alpha value is -1.11. The van der Waals surface area contributed by atoms with Gasteiger partial charge in [0.25, 0.3) is 0 Å². The number of carbonyl (C=O) groups excluding carboxylic acids is 1. The van der Waals surface area contributed by atoms with Gasteiger partial charge in [-0.15, -0.1) is 0 Å².